The van der Waals surface area contributed by atoms with E-state index in [1.54, 1.807) is 0 Å². The van der Waals surface area contributed by atoms with Gasteiger partial charge in [-0.25, -0.2) is 0 Å². The zero-order valence-electron chi connectivity index (χ0n) is 9.19. The topological polar surface area (TPSA) is 52.9 Å². The maximum Gasteiger partial charge on any atom is 0.0679 e. The van der Waals surface area contributed by atoms with E-state index in [0.717, 1.165) is 52.1 Å². The zero-order valence-corrected chi connectivity index (χ0v) is 9.19. The molecule has 0 aliphatic carbocycles. The summed E-state index contributed by atoms with van der Waals surface area (Å²) in [5, 5.41) is 19.0. The molecule has 4 nitrogen and oxygen atoms in total. The van der Waals surface area contributed by atoms with Crippen molar-refractivity contribution in [3.8, 4) is 0 Å². The molecule has 0 bridgehead atoms. The highest BCUT2D eigenvalue weighted by molar-refractivity contribution is 4.87. The fourth-order valence-corrected chi connectivity index (χ4v) is 2.60. The standard InChI is InChI=1S/C11H21NO3/c13-9-11(2-5-15-6-3-11)8-12-4-1-10(14)7-12/h10,13-14H,1-9H2. The zero-order chi connectivity index (χ0) is 10.7. The smallest absolute Gasteiger partial charge is 0.0679 e. The minimum atomic E-state index is -0.166. The van der Waals surface area contributed by atoms with Gasteiger partial charge in [-0.15, -0.1) is 0 Å². The van der Waals surface area contributed by atoms with Crippen molar-refractivity contribution in [1.29, 1.82) is 0 Å². The van der Waals surface area contributed by atoms with Crippen LogP contribution in [0, 0.1) is 5.41 Å². The van der Waals surface area contributed by atoms with E-state index in [9.17, 15) is 10.2 Å². The van der Waals surface area contributed by atoms with Gasteiger partial charge in [-0.05, 0) is 19.3 Å². The Hall–Kier alpha value is -0.160. The van der Waals surface area contributed by atoms with Crippen LogP contribution in [-0.2, 0) is 4.74 Å². The molecule has 2 aliphatic rings. The summed E-state index contributed by atoms with van der Waals surface area (Å²) in [5.74, 6) is 0. The molecule has 0 aromatic rings. The fourth-order valence-electron chi connectivity index (χ4n) is 2.60. The van der Waals surface area contributed by atoms with Crippen molar-refractivity contribution in [1.82, 2.24) is 4.90 Å². The van der Waals surface area contributed by atoms with Crippen molar-refractivity contribution in [2.45, 2.75) is 25.4 Å². The van der Waals surface area contributed by atoms with Gasteiger partial charge in [0.15, 0.2) is 0 Å². The van der Waals surface area contributed by atoms with E-state index in [2.05, 4.69) is 4.90 Å². The normalized spacial score (nSPS) is 32.0. The molecule has 1 unspecified atom stereocenters. The first kappa shape index (κ1) is 11.3. The van der Waals surface area contributed by atoms with E-state index < -0.39 is 0 Å². The number of β-amino-alcohol motifs (C(OH)–C–C–N with tert-alkyl or cyclic N) is 1. The van der Waals surface area contributed by atoms with Crippen LogP contribution in [0.4, 0.5) is 0 Å². The van der Waals surface area contributed by atoms with Crippen molar-refractivity contribution in [2.75, 3.05) is 39.5 Å². The molecular weight excluding hydrogens is 194 g/mol. The molecule has 2 fully saturated rings. The first-order chi connectivity index (χ1) is 7.24. The summed E-state index contributed by atoms with van der Waals surface area (Å²) in [4.78, 5) is 2.27. The van der Waals surface area contributed by atoms with Gasteiger partial charge in [0, 0.05) is 38.3 Å². The molecule has 2 saturated heterocycles. The fraction of sp³-hybridized carbons (Fsp3) is 1.00. The van der Waals surface area contributed by atoms with Gasteiger partial charge in [-0.3, -0.25) is 0 Å². The number of aliphatic hydroxyl groups is 2. The van der Waals surface area contributed by atoms with Gasteiger partial charge in [-0.2, -0.15) is 0 Å². The Labute approximate surface area is 90.8 Å². The monoisotopic (exact) mass is 215 g/mol. The van der Waals surface area contributed by atoms with Gasteiger partial charge >= 0.3 is 0 Å². The van der Waals surface area contributed by atoms with Gasteiger partial charge in [0.25, 0.3) is 0 Å². The molecule has 0 aromatic carbocycles. The predicted molar refractivity (Wildman–Crippen MR) is 56.6 cm³/mol. The number of rotatable bonds is 3. The molecule has 88 valence electrons. The highest BCUT2D eigenvalue weighted by Gasteiger charge is 2.35. The van der Waals surface area contributed by atoms with Gasteiger partial charge in [0.05, 0.1) is 12.7 Å². The minimum Gasteiger partial charge on any atom is -0.396 e. The van der Waals surface area contributed by atoms with Gasteiger partial charge in [-0.1, -0.05) is 0 Å². The SMILES string of the molecule is OCC1(CN2CCC(O)C2)CCOCC1. The van der Waals surface area contributed by atoms with E-state index in [1.807, 2.05) is 0 Å². The molecule has 0 radical (unpaired) electrons. The van der Waals surface area contributed by atoms with Crippen LogP contribution in [0.25, 0.3) is 0 Å². The molecule has 2 heterocycles. The molecule has 0 saturated carbocycles. The van der Waals surface area contributed by atoms with E-state index in [1.165, 1.54) is 0 Å². The number of likely N-dealkylation sites (tertiary alicyclic amines) is 1. The third kappa shape index (κ3) is 2.69. The largest absolute Gasteiger partial charge is 0.396 e. The van der Waals surface area contributed by atoms with E-state index in [-0.39, 0.29) is 18.1 Å². The molecular formula is C11H21NO3. The first-order valence-corrected chi connectivity index (χ1v) is 5.83. The van der Waals surface area contributed by atoms with Crippen LogP contribution in [0.3, 0.4) is 0 Å². The molecule has 2 aliphatic heterocycles. The second-order valence-electron chi connectivity index (χ2n) is 4.95. The number of nitrogens with zero attached hydrogens (tertiary/aromatic N) is 1. The van der Waals surface area contributed by atoms with Crippen molar-refractivity contribution in [3.63, 3.8) is 0 Å². The number of hydrogen-bond acceptors (Lipinski definition) is 4. The van der Waals surface area contributed by atoms with Crippen LogP contribution in [-0.4, -0.2) is 60.7 Å². The summed E-state index contributed by atoms with van der Waals surface area (Å²) in [6, 6.07) is 0. The summed E-state index contributed by atoms with van der Waals surface area (Å²) in [6.07, 6.45) is 2.59. The predicted octanol–water partition coefficient (Wildman–Crippen LogP) is -0.158. The molecule has 2 N–H and O–H groups in total. The first-order valence-electron chi connectivity index (χ1n) is 5.83. The average Bonchev–Trinajstić information content (AvgIpc) is 2.65. The summed E-state index contributed by atoms with van der Waals surface area (Å²) < 4.78 is 5.33. The van der Waals surface area contributed by atoms with Gasteiger partial charge in [0.1, 0.15) is 0 Å². The second-order valence-corrected chi connectivity index (χ2v) is 4.95. The summed E-state index contributed by atoms with van der Waals surface area (Å²) in [5.41, 5.74) is 0.0162. The second kappa shape index (κ2) is 4.78. The highest BCUT2D eigenvalue weighted by Crippen LogP contribution is 2.31. The van der Waals surface area contributed by atoms with Crippen molar-refractivity contribution in [2.24, 2.45) is 5.41 Å². The number of ether oxygens (including phenoxy) is 1. The van der Waals surface area contributed by atoms with Crippen LogP contribution in [0.5, 0.6) is 0 Å². The molecule has 0 spiro atoms. The quantitative estimate of drug-likeness (QED) is 0.687. The van der Waals surface area contributed by atoms with E-state index in [4.69, 9.17) is 4.74 Å². The molecule has 0 aromatic heterocycles. The van der Waals surface area contributed by atoms with Gasteiger partial charge < -0.3 is 19.8 Å². The molecule has 0 amide bonds. The Kier molecular flexibility index (Phi) is 3.61. The Morgan fingerprint density at radius 1 is 1.33 bits per heavy atom. The lowest BCUT2D eigenvalue weighted by Gasteiger charge is -2.38. The van der Waals surface area contributed by atoms with Crippen molar-refractivity contribution >= 4 is 0 Å². The minimum absolute atomic E-state index is 0.0162. The van der Waals surface area contributed by atoms with E-state index >= 15 is 0 Å². The third-order valence-electron chi connectivity index (χ3n) is 3.70. The number of aliphatic hydroxyl groups excluding tert-OH is 2. The maximum atomic E-state index is 9.52. The summed E-state index contributed by atoms with van der Waals surface area (Å²) in [7, 11) is 0. The lowest BCUT2D eigenvalue weighted by molar-refractivity contribution is -0.0323. The molecule has 1 atom stereocenters. The summed E-state index contributed by atoms with van der Waals surface area (Å²) >= 11 is 0. The van der Waals surface area contributed by atoms with Crippen LogP contribution >= 0.6 is 0 Å². The van der Waals surface area contributed by atoms with Crippen molar-refractivity contribution < 1.29 is 14.9 Å². The Morgan fingerprint density at radius 3 is 2.60 bits per heavy atom. The Morgan fingerprint density at radius 2 is 2.07 bits per heavy atom. The van der Waals surface area contributed by atoms with Crippen LogP contribution in [0.2, 0.25) is 0 Å². The third-order valence-corrected chi connectivity index (χ3v) is 3.70. The van der Waals surface area contributed by atoms with Crippen molar-refractivity contribution in [3.05, 3.63) is 0 Å². The van der Waals surface area contributed by atoms with Crippen LogP contribution < -0.4 is 0 Å². The molecule has 2 rings (SSSR count). The van der Waals surface area contributed by atoms with Crippen LogP contribution in [0.1, 0.15) is 19.3 Å². The summed E-state index contributed by atoms with van der Waals surface area (Å²) in [6.45, 7) is 4.40. The van der Waals surface area contributed by atoms with E-state index in [0.29, 0.717) is 0 Å². The Bertz CT molecular complexity index is 204. The average molecular weight is 215 g/mol. The lowest BCUT2D eigenvalue weighted by Crippen LogP contribution is -2.43. The molecule has 4 heteroatoms. The molecule has 15 heavy (non-hydrogen) atoms. The number of hydrogen-bond donors (Lipinski definition) is 2. The maximum absolute atomic E-state index is 9.52. The Balaban J connectivity index is 1.89. The van der Waals surface area contributed by atoms with Crippen LogP contribution in [0.15, 0.2) is 0 Å². The lowest BCUT2D eigenvalue weighted by atomic mass is 9.80. The van der Waals surface area contributed by atoms with Gasteiger partial charge in [0.2, 0.25) is 0 Å². The highest BCUT2D eigenvalue weighted by atomic mass is 16.5.